The van der Waals surface area contributed by atoms with Crippen LogP contribution in [0.15, 0.2) is 80.0 Å². The molecule has 0 amide bonds. The van der Waals surface area contributed by atoms with Gasteiger partial charge in [-0.3, -0.25) is 4.40 Å². The van der Waals surface area contributed by atoms with Crippen LogP contribution in [-0.2, 0) is 0 Å². The number of pyridine rings is 1. The van der Waals surface area contributed by atoms with Crippen molar-refractivity contribution < 1.29 is 0 Å². The summed E-state index contributed by atoms with van der Waals surface area (Å²) >= 11 is 0. The van der Waals surface area contributed by atoms with Crippen LogP contribution < -0.4 is 5.32 Å². The molecule has 0 atom stereocenters. The van der Waals surface area contributed by atoms with Gasteiger partial charge < -0.3 is 5.32 Å². The van der Waals surface area contributed by atoms with Crippen molar-refractivity contribution in [1.29, 1.82) is 0 Å². The molecule has 2 aromatic heterocycles. The number of nitrogens with one attached hydrogen (secondary N) is 1. The molecule has 3 nitrogen and oxygen atoms in total. The summed E-state index contributed by atoms with van der Waals surface area (Å²) in [6.07, 6.45) is 3.99. The third-order valence-electron chi connectivity index (χ3n) is 4.99. The Morgan fingerprint density at radius 2 is 1.75 bits per heavy atom. The highest BCUT2D eigenvalue weighted by Crippen LogP contribution is 2.30. The number of rotatable bonds is 5. The van der Waals surface area contributed by atoms with E-state index < -0.39 is 0 Å². The van der Waals surface area contributed by atoms with Crippen molar-refractivity contribution in [2.45, 2.75) is 6.92 Å². The van der Waals surface area contributed by atoms with Gasteiger partial charge in [0.15, 0.2) is 0 Å². The van der Waals surface area contributed by atoms with Crippen molar-refractivity contribution in [3.05, 3.63) is 96.8 Å². The molecule has 0 radical (unpaired) electrons. The molecule has 4 aromatic rings. The number of nitrogens with zero attached hydrogens (tertiary/aromatic N) is 2. The second kappa shape index (κ2) is 7.20. The maximum Gasteiger partial charge on any atom is 0.138 e. The summed E-state index contributed by atoms with van der Waals surface area (Å²) < 4.78 is 2.12. The summed E-state index contributed by atoms with van der Waals surface area (Å²) in [5.74, 6) is 0. The molecule has 0 saturated carbocycles. The summed E-state index contributed by atoms with van der Waals surface area (Å²) in [6, 6.07) is 20.9. The quantitative estimate of drug-likeness (QED) is 0.483. The van der Waals surface area contributed by atoms with E-state index in [1.807, 2.05) is 13.1 Å². The van der Waals surface area contributed by atoms with E-state index in [-0.39, 0.29) is 0 Å². The number of hydrogen-bond acceptors (Lipinski definition) is 2. The fraction of sp³-hybridized carbons (Fsp3) is 0.0800. The van der Waals surface area contributed by atoms with E-state index in [4.69, 9.17) is 4.98 Å². The van der Waals surface area contributed by atoms with Crippen LogP contribution in [0.4, 0.5) is 0 Å². The van der Waals surface area contributed by atoms with Gasteiger partial charge in [0.2, 0.25) is 0 Å². The first-order valence-corrected chi connectivity index (χ1v) is 9.30. The second-order valence-corrected chi connectivity index (χ2v) is 6.88. The van der Waals surface area contributed by atoms with E-state index in [1.54, 1.807) is 0 Å². The van der Waals surface area contributed by atoms with Gasteiger partial charge in [0.25, 0.3) is 0 Å². The summed E-state index contributed by atoms with van der Waals surface area (Å²) in [5.41, 5.74) is 9.30. The minimum Gasteiger partial charge on any atom is -0.387 e. The van der Waals surface area contributed by atoms with Crippen molar-refractivity contribution in [1.82, 2.24) is 14.7 Å². The number of benzene rings is 2. The standard InChI is InChI=1S/C25H23N3/c1-5-19-7-6-8-21(15-19)22-13-14-23-27-24(20-11-9-17(2)10-12-20)25(18(3)26-4)28(23)16-22/h5-16,26H,1,3H2,2,4H3. The second-order valence-electron chi connectivity index (χ2n) is 6.88. The number of fused-ring (bicyclic) bond motifs is 1. The van der Waals surface area contributed by atoms with Crippen LogP contribution in [0.1, 0.15) is 16.8 Å². The first kappa shape index (κ1) is 17.8. The minimum absolute atomic E-state index is 0.833. The molecule has 2 aromatic carbocycles. The van der Waals surface area contributed by atoms with Gasteiger partial charge in [0.05, 0.1) is 17.1 Å². The molecule has 0 aliphatic rings. The van der Waals surface area contributed by atoms with Crippen molar-refractivity contribution in [3.63, 3.8) is 0 Å². The lowest BCUT2D eigenvalue weighted by Crippen LogP contribution is -2.07. The lowest BCUT2D eigenvalue weighted by atomic mass is 10.0. The van der Waals surface area contributed by atoms with E-state index >= 15 is 0 Å². The zero-order chi connectivity index (χ0) is 19.7. The third kappa shape index (κ3) is 3.12. The lowest BCUT2D eigenvalue weighted by molar-refractivity contribution is 1.07. The van der Waals surface area contributed by atoms with E-state index in [1.165, 1.54) is 5.56 Å². The van der Waals surface area contributed by atoms with Crippen LogP contribution >= 0.6 is 0 Å². The van der Waals surface area contributed by atoms with E-state index in [2.05, 4.69) is 96.7 Å². The molecule has 2 heterocycles. The third-order valence-corrected chi connectivity index (χ3v) is 4.99. The van der Waals surface area contributed by atoms with Crippen molar-refractivity contribution in [2.24, 2.45) is 0 Å². The number of hydrogen-bond donors (Lipinski definition) is 1. The van der Waals surface area contributed by atoms with Crippen LogP contribution in [0.5, 0.6) is 0 Å². The Morgan fingerprint density at radius 3 is 2.46 bits per heavy atom. The molecule has 0 spiro atoms. The van der Waals surface area contributed by atoms with Crippen molar-refractivity contribution >= 4 is 17.4 Å². The van der Waals surface area contributed by atoms with Crippen LogP contribution in [0.25, 0.3) is 39.8 Å². The molecule has 0 fully saturated rings. The van der Waals surface area contributed by atoms with Gasteiger partial charge in [-0.05, 0) is 41.8 Å². The molecule has 0 unspecified atom stereocenters. The zero-order valence-corrected chi connectivity index (χ0v) is 16.2. The predicted molar refractivity (Wildman–Crippen MR) is 119 cm³/mol. The highest BCUT2D eigenvalue weighted by molar-refractivity contribution is 5.80. The summed E-state index contributed by atoms with van der Waals surface area (Å²) in [6.45, 7) is 10.2. The molecule has 1 N–H and O–H groups in total. The van der Waals surface area contributed by atoms with E-state index in [0.29, 0.717) is 0 Å². The Balaban J connectivity index is 1.93. The largest absolute Gasteiger partial charge is 0.387 e. The van der Waals surface area contributed by atoms with Gasteiger partial charge in [-0.2, -0.15) is 0 Å². The Labute approximate surface area is 165 Å². The van der Waals surface area contributed by atoms with Gasteiger partial charge in [-0.15, -0.1) is 0 Å². The van der Waals surface area contributed by atoms with Crippen LogP contribution in [0, 0.1) is 6.92 Å². The van der Waals surface area contributed by atoms with Crippen LogP contribution in [-0.4, -0.2) is 16.4 Å². The van der Waals surface area contributed by atoms with Gasteiger partial charge in [-0.25, -0.2) is 4.98 Å². The van der Waals surface area contributed by atoms with E-state index in [9.17, 15) is 0 Å². The average molecular weight is 365 g/mol. The molecule has 0 aliphatic heterocycles. The Morgan fingerprint density at radius 1 is 1.00 bits per heavy atom. The highest BCUT2D eigenvalue weighted by Gasteiger charge is 2.16. The van der Waals surface area contributed by atoms with E-state index in [0.717, 1.165) is 45.0 Å². The molecule has 4 rings (SSSR count). The van der Waals surface area contributed by atoms with Crippen molar-refractivity contribution in [3.8, 4) is 22.4 Å². The summed E-state index contributed by atoms with van der Waals surface area (Å²) in [4.78, 5) is 4.90. The lowest BCUT2D eigenvalue weighted by Gasteiger charge is -2.10. The number of aryl methyl sites for hydroxylation is 1. The van der Waals surface area contributed by atoms with Gasteiger partial charge in [-0.1, -0.05) is 67.3 Å². The van der Waals surface area contributed by atoms with Crippen molar-refractivity contribution in [2.75, 3.05) is 7.05 Å². The number of aromatic nitrogens is 2. The topological polar surface area (TPSA) is 29.3 Å². The Kier molecular flexibility index (Phi) is 4.58. The molecule has 0 aliphatic carbocycles. The molecule has 0 saturated heterocycles. The highest BCUT2D eigenvalue weighted by atomic mass is 15.0. The van der Waals surface area contributed by atoms with Gasteiger partial charge >= 0.3 is 0 Å². The van der Waals surface area contributed by atoms with Gasteiger partial charge in [0.1, 0.15) is 5.65 Å². The molecule has 3 heteroatoms. The summed E-state index contributed by atoms with van der Waals surface area (Å²) in [7, 11) is 1.89. The van der Waals surface area contributed by atoms with Crippen LogP contribution in [0.3, 0.4) is 0 Å². The molecular formula is C25H23N3. The number of imidazole rings is 1. The Hall–Kier alpha value is -3.59. The maximum absolute atomic E-state index is 4.90. The first-order valence-electron chi connectivity index (χ1n) is 9.30. The molecular weight excluding hydrogens is 342 g/mol. The average Bonchev–Trinajstić information content (AvgIpc) is 3.12. The molecule has 28 heavy (non-hydrogen) atoms. The normalized spacial score (nSPS) is 10.8. The first-order chi connectivity index (χ1) is 13.6. The minimum atomic E-state index is 0.833. The fourth-order valence-electron chi connectivity index (χ4n) is 3.38. The SMILES string of the molecule is C=Cc1cccc(-c2ccc3nc(-c4ccc(C)cc4)c(C(=C)NC)n3c2)c1. The summed E-state index contributed by atoms with van der Waals surface area (Å²) in [5, 5.41) is 3.19. The predicted octanol–water partition coefficient (Wildman–Crippen LogP) is 5.81. The maximum atomic E-state index is 4.90. The fourth-order valence-corrected chi connectivity index (χ4v) is 3.38. The van der Waals surface area contributed by atoms with Crippen LogP contribution in [0.2, 0.25) is 0 Å². The smallest absolute Gasteiger partial charge is 0.138 e. The van der Waals surface area contributed by atoms with Gasteiger partial charge in [0, 0.05) is 18.8 Å². The monoisotopic (exact) mass is 365 g/mol. The molecule has 138 valence electrons. The molecule has 0 bridgehead atoms. The Bertz CT molecular complexity index is 1180. The zero-order valence-electron chi connectivity index (χ0n) is 16.2.